The molecule has 0 saturated heterocycles. The molecule has 0 aromatic carbocycles. The summed E-state index contributed by atoms with van der Waals surface area (Å²) in [7, 11) is 1.20. The first-order valence-electron chi connectivity index (χ1n) is 7.71. The number of carbonyl (C=O) groups is 3. The highest BCUT2D eigenvalue weighted by atomic mass is 79.9. The van der Waals surface area contributed by atoms with Gasteiger partial charge in [-0.25, -0.2) is 14.4 Å². The SMILES string of the molecule is COC(=O)[C@@H](CCCBr)N(C(=O)OC(C)(C)C)C(=O)OC(C)(C)C. The Bertz CT molecular complexity index is 424. The molecular weight excluding hydrogens is 382 g/mol. The molecule has 24 heavy (non-hydrogen) atoms. The number of hydrogen-bond donors (Lipinski definition) is 0. The monoisotopic (exact) mass is 409 g/mol. The predicted molar refractivity (Wildman–Crippen MR) is 93.1 cm³/mol. The maximum Gasteiger partial charge on any atom is 0.420 e. The largest absolute Gasteiger partial charge is 0.467 e. The molecular formula is C16H28BrNO6. The van der Waals surface area contributed by atoms with Crippen LogP contribution in [0, 0.1) is 0 Å². The van der Waals surface area contributed by atoms with Crippen LogP contribution in [0.15, 0.2) is 0 Å². The Morgan fingerprint density at radius 3 is 1.67 bits per heavy atom. The number of carbonyl (C=O) groups excluding carboxylic acids is 3. The molecule has 1 atom stereocenters. The fourth-order valence-electron chi connectivity index (χ4n) is 1.71. The van der Waals surface area contributed by atoms with E-state index in [1.54, 1.807) is 41.5 Å². The molecule has 0 unspecified atom stereocenters. The Labute approximate surface area is 152 Å². The molecule has 7 nitrogen and oxygen atoms in total. The molecule has 0 saturated carbocycles. The van der Waals surface area contributed by atoms with Gasteiger partial charge in [0.15, 0.2) is 0 Å². The van der Waals surface area contributed by atoms with Gasteiger partial charge in [0.05, 0.1) is 7.11 Å². The van der Waals surface area contributed by atoms with E-state index in [1.807, 2.05) is 0 Å². The van der Waals surface area contributed by atoms with Crippen molar-refractivity contribution in [2.45, 2.75) is 71.6 Å². The van der Waals surface area contributed by atoms with Gasteiger partial charge in [0.2, 0.25) is 0 Å². The topological polar surface area (TPSA) is 82.1 Å². The zero-order chi connectivity index (χ0) is 19.1. The number of halogens is 1. The van der Waals surface area contributed by atoms with E-state index in [1.165, 1.54) is 7.11 Å². The van der Waals surface area contributed by atoms with Crippen molar-refractivity contribution in [2.75, 3.05) is 12.4 Å². The van der Waals surface area contributed by atoms with E-state index in [-0.39, 0.29) is 6.42 Å². The lowest BCUT2D eigenvalue weighted by Gasteiger charge is -2.32. The second-order valence-electron chi connectivity index (χ2n) is 7.20. The first kappa shape index (κ1) is 22.7. The summed E-state index contributed by atoms with van der Waals surface area (Å²) in [5, 5.41) is 0.608. The molecule has 0 bridgehead atoms. The number of hydrogen-bond acceptors (Lipinski definition) is 6. The summed E-state index contributed by atoms with van der Waals surface area (Å²) >= 11 is 3.27. The third-order valence-corrected chi connectivity index (χ3v) is 3.14. The number of alkyl halides is 1. The molecule has 8 heteroatoms. The van der Waals surface area contributed by atoms with Crippen molar-refractivity contribution in [3.8, 4) is 0 Å². The van der Waals surface area contributed by atoms with Crippen LogP contribution in [0.25, 0.3) is 0 Å². The maximum absolute atomic E-state index is 12.5. The van der Waals surface area contributed by atoms with E-state index in [4.69, 9.17) is 14.2 Å². The molecule has 0 aromatic rings. The summed E-state index contributed by atoms with van der Waals surface area (Å²) in [5.74, 6) is -0.701. The van der Waals surface area contributed by atoms with E-state index < -0.39 is 35.4 Å². The van der Waals surface area contributed by atoms with E-state index in [2.05, 4.69) is 15.9 Å². The number of ether oxygens (including phenoxy) is 3. The fourth-order valence-corrected chi connectivity index (χ4v) is 2.03. The van der Waals surface area contributed by atoms with Crippen LogP contribution in [-0.4, -0.2) is 52.7 Å². The van der Waals surface area contributed by atoms with Crippen LogP contribution in [0.4, 0.5) is 9.59 Å². The van der Waals surface area contributed by atoms with Gasteiger partial charge in [0.25, 0.3) is 0 Å². The van der Waals surface area contributed by atoms with Crippen molar-refractivity contribution in [1.29, 1.82) is 0 Å². The fraction of sp³-hybridized carbons (Fsp3) is 0.812. The van der Waals surface area contributed by atoms with E-state index >= 15 is 0 Å². The highest BCUT2D eigenvalue weighted by Crippen LogP contribution is 2.20. The van der Waals surface area contributed by atoms with E-state index in [0.717, 1.165) is 0 Å². The summed E-state index contributed by atoms with van der Waals surface area (Å²) < 4.78 is 15.3. The standard InChI is InChI=1S/C16H28BrNO6/c1-15(2,3)23-13(20)18(14(21)24-16(4,5)6)11(9-8-10-17)12(19)22-7/h11H,8-10H2,1-7H3/t11-/m1/s1. The molecule has 0 aliphatic carbocycles. The van der Waals surface area contributed by atoms with Crippen molar-refractivity contribution < 1.29 is 28.6 Å². The van der Waals surface area contributed by atoms with E-state index in [0.29, 0.717) is 16.7 Å². The number of nitrogens with zero attached hydrogens (tertiary/aromatic N) is 1. The number of esters is 1. The second kappa shape index (κ2) is 9.25. The van der Waals surface area contributed by atoms with Gasteiger partial charge >= 0.3 is 18.2 Å². The lowest BCUT2D eigenvalue weighted by molar-refractivity contribution is -0.147. The van der Waals surface area contributed by atoms with Crippen molar-refractivity contribution in [1.82, 2.24) is 4.90 Å². The quantitative estimate of drug-likeness (QED) is 0.389. The lowest BCUT2D eigenvalue weighted by Crippen LogP contribution is -2.52. The normalized spacial score (nSPS) is 13.0. The Morgan fingerprint density at radius 1 is 0.958 bits per heavy atom. The van der Waals surface area contributed by atoms with Crippen molar-refractivity contribution >= 4 is 34.1 Å². The average molecular weight is 410 g/mol. The van der Waals surface area contributed by atoms with Crippen LogP contribution >= 0.6 is 15.9 Å². The minimum atomic E-state index is -1.11. The summed E-state index contributed by atoms with van der Waals surface area (Å²) in [6.07, 6.45) is -1.10. The highest BCUT2D eigenvalue weighted by molar-refractivity contribution is 9.09. The molecule has 0 N–H and O–H groups in total. The second-order valence-corrected chi connectivity index (χ2v) is 7.99. The van der Waals surface area contributed by atoms with Crippen LogP contribution in [0.2, 0.25) is 0 Å². The van der Waals surface area contributed by atoms with Gasteiger partial charge in [-0.1, -0.05) is 15.9 Å². The zero-order valence-electron chi connectivity index (χ0n) is 15.5. The van der Waals surface area contributed by atoms with Gasteiger partial charge in [-0.05, 0) is 54.4 Å². The van der Waals surface area contributed by atoms with Crippen LogP contribution in [0.3, 0.4) is 0 Å². The maximum atomic E-state index is 12.5. The molecule has 0 fully saturated rings. The molecule has 0 rings (SSSR count). The molecule has 0 aliphatic rings. The number of rotatable bonds is 5. The Morgan fingerprint density at radius 2 is 1.38 bits per heavy atom. The van der Waals surface area contributed by atoms with Gasteiger partial charge in [-0.2, -0.15) is 4.90 Å². The third-order valence-electron chi connectivity index (χ3n) is 2.58. The zero-order valence-corrected chi connectivity index (χ0v) is 17.1. The molecule has 0 aliphatic heterocycles. The lowest BCUT2D eigenvalue weighted by atomic mass is 10.1. The number of imide groups is 1. The first-order chi connectivity index (χ1) is 10.8. The van der Waals surface area contributed by atoms with E-state index in [9.17, 15) is 14.4 Å². The molecule has 140 valence electrons. The third kappa shape index (κ3) is 8.52. The highest BCUT2D eigenvalue weighted by Gasteiger charge is 2.40. The summed E-state index contributed by atoms with van der Waals surface area (Å²) in [4.78, 5) is 37.8. The van der Waals surface area contributed by atoms with Crippen LogP contribution < -0.4 is 0 Å². The Kier molecular flexibility index (Phi) is 8.74. The van der Waals surface area contributed by atoms with Gasteiger partial charge < -0.3 is 14.2 Å². The molecule has 0 spiro atoms. The summed E-state index contributed by atoms with van der Waals surface area (Å²) in [5.41, 5.74) is -1.65. The van der Waals surface area contributed by atoms with Crippen LogP contribution in [0.1, 0.15) is 54.4 Å². The minimum Gasteiger partial charge on any atom is -0.467 e. The van der Waals surface area contributed by atoms with Gasteiger partial charge in [0.1, 0.15) is 17.2 Å². The molecule has 0 radical (unpaired) electrons. The predicted octanol–water partition coefficient (Wildman–Crippen LogP) is 3.88. The summed E-state index contributed by atoms with van der Waals surface area (Å²) in [6, 6.07) is -1.11. The van der Waals surface area contributed by atoms with Crippen LogP contribution in [0.5, 0.6) is 0 Å². The molecule has 2 amide bonds. The first-order valence-corrected chi connectivity index (χ1v) is 8.83. The van der Waals surface area contributed by atoms with Gasteiger partial charge in [0, 0.05) is 5.33 Å². The molecule has 0 heterocycles. The van der Waals surface area contributed by atoms with Gasteiger partial charge in [-0.15, -0.1) is 0 Å². The van der Waals surface area contributed by atoms with Crippen molar-refractivity contribution in [2.24, 2.45) is 0 Å². The number of methoxy groups -OCH3 is 1. The minimum absolute atomic E-state index is 0.233. The van der Waals surface area contributed by atoms with Crippen molar-refractivity contribution in [3.05, 3.63) is 0 Å². The Balaban J connectivity index is 5.65. The summed E-state index contributed by atoms with van der Waals surface area (Å²) in [6.45, 7) is 10.0. The smallest absolute Gasteiger partial charge is 0.420 e. The van der Waals surface area contributed by atoms with Crippen LogP contribution in [-0.2, 0) is 19.0 Å². The average Bonchev–Trinajstić information content (AvgIpc) is 2.38. The van der Waals surface area contributed by atoms with Crippen molar-refractivity contribution in [3.63, 3.8) is 0 Å². The number of amides is 2. The van der Waals surface area contributed by atoms with Gasteiger partial charge in [-0.3, -0.25) is 0 Å². The molecule has 0 aromatic heterocycles. The Hall–Kier alpha value is -1.31.